The van der Waals surface area contributed by atoms with E-state index in [4.69, 9.17) is 5.73 Å². The molecule has 0 atom stereocenters. The Morgan fingerprint density at radius 1 is 1.44 bits per heavy atom. The van der Waals surface area contributed by atoms with Crippen LogP contribution in [0.4, 0.5) is 0 Å². The van der Waals surface area contributed by atoms with Crippen LogP contribution in [0, 0.1) is 5.92 Å². The molecule has 16 heavy (non-hydrogen) atoms. The fourth-order valence-electron chi connectivity index (χ4n) is 2.35. The van der Waals surface area contributed by atoms with Gasteiger partial charge in [-0.05, 0) is 25.3 Å². The maximum Gasteiger partial charge on any atom is 0.0871 e. The van der Waals surface area contributed by atoms with Crippen LogP contribution in [0.15, 0.2) is 0 Å². The number of rotatable bonds is 6. The first kappa shape index (κ1) is 11.6. The highest BCUT2D eigenvalue weighted by atomic mass is 15.4. The molecular weight excluding hydrogens is 200 g/mol. The van der Waals surface area contributed by atoms with Crippen LogP contribution in [0.1, 0.15) is 44.0 Å². The molecule has 0 unspecified atom stereocenters. The molecule has 0 amide bonds. The zero-order chi connectivity index (χ0) is 11.4. The maximum atomic E-state index is 5.57. The molecule has 0 aromatic carbocycles. The average molecular weight is 222 g/mol. The lowest BCUT2D eigenvalue weighted by atomic mass is 9.83. The molecule has 2 N–H and O–H groups in total. The molecule has 1 saturated carbocycles. The number of hydrogen-bond acceptors (Lipinski definition) is 3. The zero-order valence-corrected chi connectivity index (χ0v) is 10.2. The van der Waals surface area contributed by atoms with E-state index >= 15 is 0 Å². The summed E-state index contributed by atoms with van der Waals surface area (Å²) in [5.41, 5.74) is 7.95. The van der Waals surface area contributed by atoms with Crippen molar-refractivity contribution in [2.45, 2.75) is 52.0 Å². The Morgan fingerprint density at radius 3 is 2.81 bits per heavy atom. The third kappa shape index (κ3) is 2.43. The zero-order valence-electron chi connectivity index (χ0n) is 10.2. The van der Waals surface area contributed by atoms with Crippen molar-refractivity contribution >= 4 is 0 Å². The lowest BCUT2D eigenvalue weighted by molar-refractivity contribution is 0.275. The highest BCUT2D eigenvalue weighted by Crippen LogP contribution is 2.29. The van der Waals surface area contributed by atoms with E-state index in [0.29, 0.717) is 6.54 Å². The van der Waals surface area contributed by atoms with Crippen molar-refractivity contribution in [3.05, 3.63) is 11.4 Å². The van der Waals surface area contributed by atoms with Crippen molar-refractivity contribution in [1.29, 1.82) is 0 Å². The van der Waals surface area contributed by atoms with E-state index in [2.05, 4.69) is 21.9 Å². The second kappa shape index (κ2) is 5.43. The first-order chi connectivity index (χ1) is 7.85. The van der Waals surface area contributed by atoms with E-state index in [1.165, 1.54) is 31.4 Å². The Morgan fingerprint density at radius 2 is 2.25 bits per heavy atom. The number of aromatic nitrogens is 3. The van der Waals surface area contributed by atoms with Crippen LogP contribution in [0.3, 0.4) is 0 Å². The molecule has 0 radical (unpaired) electrons. The van der Waals surface area contributed by atoms with Crippen LogP contribution in [-0.2, 0) is 19.4 Å². The lowest BCUT2D eigenvalue weighted by Crippen LogP contribution is -2.15. The van der Waals surface area contributed by atoms with Crippen LogP contribution in [0.2, 0.25) is 0 Å². The summed E-state index contributed by atoms with van der Waals surface area (Å²) in [5.74, 6) is 0.937. The molecule has 1 aliphatic carbocycles. The molecule has 0 saturated heterocycles. The van der Waals surface area contributed by atoms with Crippen molar-refractivity contribution in [1.82, 2.24) is 15.0 Å². The summed E-state index contributed by atoms with van der Waals surface area (Å²) in [5, 5.41) is 8.48. The molecule has 0 aliphatic heterocycles. The molecule has 1 aliphatic rings. The van der Waals surface area contributed by atoms with Gasteiger partial charge in [-0.3, -0.25) is 0 Å². The molecule has 90 valence electrons. The fraction of sp³-hybridized carbons (Fsp3) is 0.833. The molecule has 1 fully saturated rings. The Balaban J connectivity index is 1.95. The van der Waals surface area contributed by atoms with Crippen molar-refractivity contribution in [2.24, 2.45) is 11.7 Å². The Kier molecular flexibility index (Phi) is 3.93. The predicted molar refractivity (Wildman–Crippen MR) is 64.1 cm³/mol. The van der Waals surface area contributed by atoms with Gasteiger partial charge in [-0.2, -0.15) is 0 Å². The normalized spacial score (nSPS) is 16.4. The fourth-order valence-corrected chi connectivity index (χ4v) is 2.35. The molecule has 1 aromatic rings. The third-order valence-corrected chi connectivity index (χ3v) is 3.61. The molecule has 0 spiro atoms. The minimum atomic E-state index is 0.661. The molecule has 1 aromatic heterocycles. The van der Waals surface area contributed by atoms with E-state index in [-0.39, 0.29) is 0 Å². The van der Waals surface area contributed by atoms with Gasteiger partial charge in [-0.1, -0.05) is 31.4 Å². The van der Waals surface area contributed by atoms with Gasteiger partial charge < -0.3 is 5.73 Å². The van der Waals surface area contributed by atoms with Gasteiger partial charge in [0.15, 0.2) is 0 Å². The first-order valence-corrected chi connectivity index (χ1v) is 6.46. The SMILES string of the molecule is CCc1c(CCN)nnn1CCC1CCC1. The van der Waals surface area contributed by atoms with E-state index in [1.807, 2.05) is 0 Å². The Labute approximate surface area is 97.2 Å². The van der Waals surface area contributed by atoms with E-state index in [1.54, 1.807) is 0 Å². The predicted octanol–water partition coefficient (Wildman–Crippen LogP) is 1.53. The van der Waals surface area contributed by atoms with Gasteiger partial charge in [0.05, 0.1) is 11.4 Å². The van der Waals surface area contributed by atoms with Gasteiger partial charge in [0.1, 0.15) is 0 Å². The molecule has 1 heterocycles. The summed E-state index contributed by atoms with van der Waals surface area (Å²) in [4.78, 5) is 0. The number of aryl methyl sites for hydroxylation is 1. The van der Waals surface area contributed by atoms with Crippen LogP contribution in [-0.4, -0.2) is 21.5 Å². The number of nitrogens with zero attached hydrogens (tertiary/aromatic N) is 3. The lowest BCUT2D eigenvalue weighted by Gasteiger charge is -2.25. The van der Waals surface area contributed by atoms with Crippen molar-refractivity contribution in [3.63, 3.8) is 0 Å². The van der Waals surface area contributed by atoms with Crippen molar-refractivity contribution in [2.75, 3.05) is 6.54 Å². The monoisotopic (exact) mass is 222 g/mol. The first-order valence-electron chi connectivity index (χ1n) is 6.46. The smallest absolute Gasteiger partial charge is 0.0871 e. The quantitative estimate of drug-likeness (QED) is 0.794. The summed E-state index contributed by atoms with van der Waals surface area (Å²) in [6.07, 6.45) is 7.36. The molecule has 0 bridgehead atoms. The minimum Gasteiger partial charge on any atom is -0.330 e. The highest BCUT2D eigenvalue weighted by Gasteiger charge is 2.18. The van der Waals surface area contributed by atoms with Gasteiger partial charge >= 0.3 is 0 Å². The third-order valence-electron chi connectivity index (χ3n) is 3.61. The van der Waals surface area contributed by atoms with Crippen molar-refractivity contribution < 1.29 is 0 Å². The molecular formula is C12H22N4. The van der Waals surface area contributed by atoms with Crippen LogP contribution < -0.4 is 5.73 Å². The van der Waals surface area contributed by atoms with Gasteiger partial charge in [0.25, 0.3) is 0 Å². The largest absolute Gasteiger partial charge is 0.330 e. The molecule has 2 rings (SSSR count). The molecule has 4 nitrogen and oxygen atoms in total. The average Bonchev–Trinajstić information content (AvgIpc) is 2.59. The van der Waals surface area contributed by atoms with E-state index in [9.17, 15) is 0 Å². The minimum absolute atomic E-state index is 0.661. The topological polar surface area (TPSA) is 56.7 Å². The van der Waals surface area contributed by atoms with Gasteiger partial charge in [0.2, 0.25) is 0 Å². The summed E-state index contributed by atoms with van der Waals surface area (Å²) in [6.45, 7) is 3.86. The summed E-state index contributed by atoms with van der Waals surface area (Å²) in [6, 6.07) is 0. The van der Waals surface area contributed by atoms with E-state index in [0.717, 1.165) is 31.0 Å². The second-order valence-corrected chi connectivity index (χ2v) is 4.68. The number of hydrogen-bond donors (Lipinski definition) is 1. The second-order valence-electron chi connectivity index (χ2n) is 4.68. The summed E-state index contributed by atoms with van der Waals surface area (Å²) < 4.78 is 2.09. The Hall–Kier alpha value is -0.900. The molecule has 4 heteroatoms. The summed E-state index contributed by atoms with van der Waals surface area (Å²) >= 11 is 0. The van der Waals surface area contributed by atoms with Crippen LogP contribution in [0.5, 0.6) is 0 Å². The van der Waals surface area contributed by atoms with Crippen molar-refractivity contribution in [3.8, 4) is 0 Å². The van der Waals surface area contributed by atoms with Gasteiger partial charge in [-0.15, -0.1) is 5.10 Å². The standard InChI is InChI=1S/C12H22N4/c1-2-12-11(6-8-13)14-15-16(12)9-7-10-4-3-5-10/h10H,2-9,13H2,1H3. The highest BCUT2D eigenvalue weighted by molar-refractivity contribution is 5.10. The number of nitrogens with two attached hydrogens (primary N) is 1. The Bertz CT molecular complexity index is 328. The summed E-state index contributed by atoms with van der Waals surface area (Å²) in [7, 11) is 0. The van der Waals surface area contributed by atoms with Crippen LogP contribution in [0.25, 0.3) is 0 Å². The van der Waals surface area contributed by atoms with Crippen LogP contribution >= 0.6 is 0 Å². The maximum absolute atomic E-state index is 5.57. The van der Waals surface area contributed by atoms with Gasteiger partial charge in [0, 0.05) is 13.0 Å². The van der Waals surface area contributed by atoms with Gasteiger partial charge in [-0.25, -0.2) is 4.68 Å². The van der Waals surface area contributed by atoms with E-state index < -0.39 is 0 Å².